The molecular formula is C26H36BrN3O5. The van der Waals surface area contributed by atoms with E-state index in [2.05, 4.69) is 26.6 Å². The Morgan fingerprint density at radius 1 is 1.00 bits per heavy atom. The van der Waals surface area contributed by atoms with Gasteiger partial charge in [0.1, 0.15) is 6.04 Å². The van der Waals surface area contributed by atoms with Crippen molar-refractivity contribution >= 4 is 44.8 Å². The van der Waals surface area contributed by atoms with E-state index in [9.17, 15) is 24.6 Å². The van der Waals surface area contributed by atoms with Crippen LogP contribution in [0, 0.1) is 0 Å². The van der Waals surface area contributed by atoms with Gasteiger partial charge in [0.15, 0.2) is 0 Å². The molecule has 4 rings (SSSR count). The zero-order valence-corrected chi connectivity index (χ0v) is 21.8. The topological polar surface area (TPSA) is 121 Å². The van der Waals surface area contributed by atoms with Crippen molar-refractivity contribution in [1.29, 1.82) is 0 Å². The number of carbonyl (C=O) groups excluding carboxylic acids is 1. The molecule has 0 aliphatic heterocycles. The molecule has 1 aromatic heterocycles. The zero-order valence-electron chi connectivity index (χ0n) is 20.3. The number of halogens is 1. The molecule has 2 aliphatic carbocycles. The molecule has 2 fully saturated rings. The molecule has 35 heavy (non-hydrogen) atoms. The predicted molar refractivity (Wildman–Crippen MR) is 139 cm³/mol. The number of fused-ring (bicyclic) bond motifs is 1. The molecule has 0 radical (unpaired) electrons. The lowest BCUT2D eigenvalue weighted by Gasteiger charge is -2.30. The number of hydrogen-bond donors (Lipinski definition) is 4. The average molecular weight is 550 g/mol. The van der Waals surface area contributed by atoms with Gasteiger partial charge in [-0.3, -0.25) is 9.36 Å². The van der Waals surface area contributed by atoms with Gasteiger partial charge >= 0.3 is 12.1 Å². The second kappa shape index (κ2) is 13.1. The molecule has 2 aromatic rings. The molecule has 1 heterocycles. The van der Waals surface area contributed by atoms with Gasteiger partial charge in [-0.2, -0.15) is 0 Å². The molecule has 1 atom stereocenters. The van der Waals surface area contributed by atoms with Gasteiger partial charge in [0.05, 0.1) is 5.52 Å². The Hall–Kier alpha value is -2.39. The maximum absolute atomic E-state index is 11.3. The standard InChI is InChI=1S/C14H13BrN2O5.C12H23N/c1-7(18)16-11(13(19)20)4-8-6-17(14(21)22)12-3-2-9(15)5-10(8)12;1-3-7-11(8-4-1)13-12-9-5-2-6-10-12/h2-3,5-6,11H,4H2,1H3,(H,16,18)(H,19,20)(H,21,22);11-13H,1-10H2. The number of benzene rings is 1. The summed E-state index contributed by atoms with van der Waals surface area (Å²) in [6.07, 6.45) is 14.8. The summed E-state index contributed by atoms with van der Waals surface area (Å²) in [6.45, 7) is 1.23. The average Bonchev–Trinajstić information content (AvgIpc) is 3.18. The van der Waals surface area contributed by atoms with Crippen LogP contribution in [-0.2, 0) is 16.0 Å². The van der Waals surface area contributed by atoms with E-state index >= 15 is 0 Å². The molecule has 1 amide bonds. The van der Waals surface area contributed by atoms with E-state index in [-0.39, 0.29) is 6.42 Å². The maximum atomic E-state index is 11.3. The van der Waals surface area contributed by atoms with Crippen LogP contribution in [0.5, 0.6) is 0 Å². The summed E-state index contributed by atoms with van der Waals surface area (Å²) in [6, 6.07) is 5.67. The number of hydrogen-bond acceptors (Lipinski definition) is 4. The Morgan fingerprint density at radius 3 is 2.06 bits per heavy atom. The van der Waals surface area contributed by atoms with Gasteiger partial charge in [0.25, 0.3) is 0 Å². The van der Waals surface area contributed by atoms with Crippen molar-refractivity contribution in [1.82, 2.24) is 15.2 Å². The first-order chi connectivity index (χ1) is 16.7. The molecule has 0 spiro atoms. The Morgan fingerprint density at radius 2 is 1.57 bits per heavy atom. The van der Waals surface area contributed by atoms with Crippen LogP contribution >= 0.6 is 15.9 Å². The van der Waals surface area contributed by atoms with Crippen molar-refractivity contribution in [3.8, 4) is 0 Å². The highest BCUT2D eigenvalue weighted by atomic mass is 79.9. The van der Waals surface area contributed by atoms with Crippen LogP contribution in [0.1, 0.15) is 76.7 Å². The Labute approximate surface area is 214 Å². The number of rotatable bonds is 6. The third-order valence-corrected chi connectivity index (χ3v) is 7.33. The molecule has 1 unspecified atom stereocenters. The van der Waals surface area contributed by atoms with Crippen LogP contribution in [-0.4, -0.2) is 50.9 Å². The van der Waals surface area contributed by atoms with Crippen molar-refractivity contribution in [2.24, 2.45) is 0 Å². The van der Waals surface area contributed by atoms with Crippen LogP contribution < -0.4 is 10.6 Å². The van der Waals surface area contributed by atoms with E-state index in [1.807, 2.05) is 0 Å². The van der Waals surface area contributed by atoms with E-state index in [4.69, 9.17) is 0 Å². The third kappa shape index (κ3) is 8.07. The highest BCUT2D eigenvalue weighted by Crippen LogP contribution is 2.26. The number of amides is 1. The molecule has 192 valence electrons. The van der Waals surface area contributed by atoms with Crippen LogP contribution in [0.15, 0.2) is 28.9 Å². The Bertz CT molecular complexity index is 1010. The van der Waals surface area contributed by atoms with Gasteiger partial charge < -0.3 is 20.8 Å². The molecule has 2 aliphatic rings. The monoisotopic (exact) mass is 549 g/mol. The summed E-state index contributed by atoms with van der Waals surface area (Å²) in [5.74, 6) is -1.64. The molecule has 0 bridgehead atoms. The first-order valence-electron chi connectivity index (χ1n) is 12.5. The summed E-state index contributed by atoms with van der Waals surface area (Å²) in [4.78, 5) is 33.6. The molecule has 8 nitrogen and oxygen atoms in total. The zero-order chi connectivity index (χ0) is 25.4. The fraction of sp³-hybridized carbons (Fsp3) is 0.577. The molecule has 2 saturated carbocycles. The Kier molecular flexibility index (Phi) is 10.2. The minimum Gasteiger partial charge on any atom is -0.480 e. The lowest BCUT2D eigenvalue weighted by atomic mass is 9.91. The molecule has 9 heteroatoms. The number of carbonyl (C=O) groups is 3. The van der Waals surface area contributed by atoms with Gasteiger partial charge in [0.2, 0.25) is 5.91 Å². The van der Waals surface area contributed by atoms with E-state index < -0.39 is 24.0 Å². The minimum atomic E-state index is -1.18. The van der Waals surface area contributed by atoms with Gasteiger partial charge in [-0.25, -0.2) is 9.59 Å². The molecule has 1 aromatic carbocycles. The number of aromatic nitrogens is 1. The van der Waals surface area contributed by atoms with Crippen LogP contribution in [0.3, 0.4) is 0 Å². The quantitative estimate of drug-likeness (QED) is 0.387. The summed E-state index contributed by atoms with van der Waals surface area (Å²) in [5.41, 5.74) is 0.984. The summed E-state index contributed by atoms with van der Waals surface area (Å²) < 4.78 is 1.78. The number of carboxylic acid groups (broad SMARTS) is 2. The van der Waals surface area contributed by atoms with Crippen molar-refractivity contribution < 1.29 is 24.6 Å². The normalized spacial score (nSPS) is 17.9. The maximum Gasteiger partial charge on any atom is 0.416 e. The third-order valence-electron chi connectivity index (χ3n) is 6.84. The van der Waals surface area contributed by atoms with Crippen molar-refractivity contribution in [3.05, 3.63) is 34.4 Å². The second-order valence-electron chi connectivity index (χ2n) is 9.60. The summed E-state index contributed by atoms with van der Waals surface area (Å²) in [7, 11) is 0. The first-order valence-corrected chi connectivity index (χ1v) is 13.3. The largest absolute Gasteiger partial charge is 0.480 e. The van der Waals surface area contributed by atoms with Crippen molar-refractivity contribution in [2.45, 2.75) is 95.7 Å². The van der Waals surface area contributed by atoms with Crippen LogP contribution in [0.2, 0.25) is 0 Å². The smallest absolute Gasteiger partial charge is 0.416 e. The minimum absolute atomic E-state index is 0.0118. The van der Waals surface area contributed by atoms with E-state index in [0.29, 0.717) is 16.5 Å². The van der Waals surface area contributed by atoms with Crippen LogP contribution in [0.4, 0.5) is 4.79 Å². The van der Waals surface area contributed by atoms with Crippen LogP contribution in [0.25, 0.3) is 10.9 Å². The first kappa shape index (κ1) is 27.2. The van der Waals surface area contributed by atoms with Gasteiger partial charge in [-0.15, -0.1) is 0 Å². The van der Waals surface area contributed by atoms with E-state index in [0.717, 1.165) is 21.1 Å². The SMILES string of the molecule is C1CCC(NC2CCCCC2)CC1.CC(=O)NC(Cc1cn(C(=O)O)c2ccc(Br)cc12)C(=O)O. The lowest BCUT2D eigenvalue weighted by Crippen LogP contribution is -2.41. The molecule has 0 saturated heterocycles. The highest BCUT2D eigenvalue weighted by molar-refractivity contribution is 9.10. The lowest BCUT2D eigenvalue weighted by molar-refractivity contribution is -0.141. The fourth-order valence-electron chi connectivity index (χ4n) is 5.13. The number of nitrogens with zero attached hydrogens (tertiary/aromatic N) is 1. The van der Waals surface area contributed by atoms with E-state index in [1.54, 1.807) is 18.2 Å². The number of aliphatic carboxylic acids is 1. The summed E-state index contributed by atoms with van der Waals surface area (Å²) in [5, 5.41) is 25.2. The summed E-state index contributed by atoms with van der Waals surface area (Å²) >= 11 is 3.31. The number of carboxylic acids is 1. The van der Waals surface area contributed by atoms with Gasteiger partial charge in [-0.05, 0) is 49.4 Å². The highest BCUT2D eigenvalue weighted by Gasteiger charge is 2.23. The van der Waals surface area contributed by atoms with Crippen molar-refractivity contribution in [2.75, 3.05) is 0 Å². The molecular weight excluding hydrogens is 514 g/mol. The predicted octanol–water partition coefficient (Wildman–Crippen LogP) is 5.30. The van der Waals surface area contributed by atoms with E-state index in [1.165, 1.54) is 77.3 Å². The van der Waals surface area contributed by atoms with Gasteiger partial charge in [0, 0.05) is 41.5 Å². The molecule has 4 N–H and O–H groups in total. The Balaban J connectivity index is 0.000000223. The van der Waals surface area contributed by atoms with Gasteiger partial charge in [-0.1, -0.05) is 54.5 Å². The number of nitrogens with one attached hydrogen (secondary N) is 2. The fourth-order valence-corrected chi connectivity index (χ4v) is 5.49. The second-order valence-corrected chi connectivity index (χ2v) is 10.5. The van der Waals surface area contributed by atoms with Crippen molar-refractivity contribution in [3.63, 3.8) is 0 Å².